The zero-order valence-electron chi connectivity index (χ0n) is 14.8. The summed E-state index contributed by atoms with van der Waals surface area (Å²) < 4.78 is 1.73. The van der Waals surface area contributed by atoms with E-state index >= 15 is 0 Å². The van der Waals surface area contributed by atoms with E-state index in [4.69, 9.17) is 0 Å². The van der Waals surface area contributed by atoms with E-state index < -0.39 is 11.0 Å². The lowest BCUT2D eigenvalue weighted by molar-refractivity contribution is -0.384. The summed E-state index contributed by atoms with van der Waals surface area (Å²) in [6, 6.07) is 17.6. The Morgan fingerprint density at radius 2 is 1.89 bits per heavy atom. The molecular formula is C20H17N5O3. The lowest BCUT2D eigenvalue weighted by Gasteiger charge is -2.13. The van der Waals surface area contributed by atoms with Crippen molar-refractivity contribution in [3.05, 3.63) is 88.7 Å². The Morgan fingerprint density at radius 3 is 2.61 bits per heavy atom. The van der Waals surface area contributed by atoms with E-state index in [-0.39, 0.29) is 12.2 Å². The summed E-state index contributed by atoms with van der Waals surface area (Å²) in [6.07, 6.45) is 2.56. The molecule has 4 aromatic rings. The van der Waals surface area contributed by atoms with Gasteiger partial charge in [-0.25, -0.2) is 9.50 Å². The number of nitro groups is 1. The van der Waals surface area contributed by atoms with Gasteiger partial charge in [0.1, 0.15) is 5.52 Å². The molecule has 0 saturated carbocycles. The zero-order valence-corrected chi connectivity index (χ0v) is 14.8. The second-order valence-corrected chi connectivity index (χ2v) is 6.25. The molecule has 1 atom stereocenters. The molecule has 0 radical (unpaired) electrons. The van der Waals surface area contributed by atoms with E-state index in [0.29, 0.717) is 11.4 Å². The summed E-state index contributed by atoms with van der Waals surface area (Å²) >= 11 is 0. The molecule has 2 aromatic carbocycles. The number of benzene rings is 2. The molecule has 8 nitrogen and oxygen atoms in total. The van der Waals surface area contributed by atoms with Gasteiger partial charge in [-0.1, -0.05) is 30.3 Å². The number of hydrogen-bond acceptors (Lipinski definition) is 6. The molecule has 0 bridgehead atoms. The second kappa shape index (κ2) is 7.45. The number of nitrogens with one attached hydrogen (secondary N) is 1. The number of anilines is 1. The van der Waals surface area contributed by atoms with E-state index in [1.165, 1.54) is 12.1 Å². The molecule has 8 heteroatoms. The van der Waals surface area contributed by atoms with Crippen LogP contribution in [0.15, 0.2) is 73.1 Å². The van der Waals surface area contributed by atoms with Crippen LogP contribution < -0.4 is 5.32 Å². The van der Waals surface area contributed by atoms with Gasteiger partial charge >= 0.3 is 0 Å². The molecule has 28 heavy (non-hydrogen) atoms. The lowest BCUT2D eigenvalue weighted by atomic mass is 10.1. The number of aromatic nitrogens is 3. The number of hydrogen-bond donors (Lipinski definition) is 2. The summed E-state index contributed by atoms with van der Waals surface area (Å²) in [5, 5.41) is 28.8. The van der Waals surface area contributed by atoms with Gasteiger partial charge in [-0.3, -0.25) is 10.1 Å². The molecular weight excluding hydrogens is 358 g/mol. The molecule has 0 saturated heterocycles. The summed E-state index contributed by atoms with van der Waals surface area (Å²) in [5.41, 5.74) is 3.19. The van der Waals surface area contributed by atoms with Crippen LogP contribution in [0.3, 0.4) is 0 Å². The van der Waals surface area contributed by atoms with Crippen LogP contribution >= 0.6 is 0 Å². The number of nitro benzene ring substituents is 1. The fraction of sp³-hybridized carbons (Fsp3) is 0.100. The molecule has 1 unspecified atom stereocenters. The highest BCUT2D eigenvalue weighted by Crippen LogP contribution is 2.24. The van der Waals surface area contributed by atoms with Gasteiger partial charge in [0.05, 0.1) is 16.7 Å². The molecule has 0 amide bonds. The van der Waals surface area contributed by atoms with Gasteiger partial charge in [-0.15, -0.1) is 0 Å². The summed E-state index contributed by atoms with van der Waals surface area (Å²) in [4.78, 5) is 14.6. The molecule has 2 aromatic heterocycles. The predicted molar refractivity (Wildman–Crippen MR) is 105 cm³/mol. The molecule has 4 rings (SSSR count). The molecule has 0 spiro atoms. The third-order valence-corrected chi connectivity index (χ3v) is 4.41. The van der Waals surface area contributed by atoms with Crippen LogP contribution in [0.25, 0.3) is 16.8 Å². The standard InChI is InChI=1S/C20H17N5O3/c26-19(15-6-8-16(9-7-15)25(27)28)13-22-20-18-12-17(14-4-2-1-3-5-14)23-24(18)11-10-21-20/h1-12,19,26H,13H2,(H,21,22). The maximum absolute atomic E-state index is 10.7. The second-order valence-electron chi connectivity index (χ2n) is 6.25. The van der Waals surface area contributed by atoms with Crippen LogP contribution in [0.2, 0.25) is 0 Å². The van der Waals surface area contributed by atoms with E-state index in [1.54, 1.807) is 29.0 Å². The van der Waals surface area contributed by atoms with Crippen LogP contribution in [0, 0.1) is 10.1 Å². The van der Waals surface area contributed by atoms with E-state index in [2.05, 4.69) is 15.4 Å². The van der Waals surface area contributed by atoms with Crippen molar-refractivity contribution in [2.75, 3.05) is 11.9 Å². The minimum atomic E-state index is -0.834. The molecule has 0 aliphatic rings. The Balaban J connectivity index is 1.53. The highest BCUT2D eigenvalue weighted by Gasteiger charge is 2.13. The largest absolute Gasteiger partial charge is 0.387 e. The Labute approximate surface area is 160 Å². The first-order chi connectivity index (χ1) is 13.6. The molecule has 2 N–H and O–H groups in total. The molecule has 0 aliphatic carbocycles. The van der Waals surface area contributed by atoms with E-state index in [1.807, 2.05) is 36.4 Å². The Bertz CT molecular complexity index is 1110. The highest BCUT2D eigenvalue weighted by atomic mass is 16.6. The van der Waals surface area contributed by atoms with Crippen LogP contribution in [-0.4, -0.2) is 31.2 Å². The van der Waals surface area contributed by atoms with Crippen molar-refractivity contribution in [1.82, 2.24) is 14.6 Å². The third-order valence-electron chi connectivity index (χ3n) is 4.41. The van der Waals surface area contributed by atoms with Crippen molar-refractivity contribution in [2.24, 2.45) is 0 Å². The maximum Gasteiger partial charge on any atom is 0.269 e. The average molecular weight is 375 g/mol. The Morgan fingerprint density at radius 1 is 1.14 bits per heavy atom. The van der Waals surface area contributed by atoms with Crippen LogP contribution in [0.1, 0.15) is 11.7 Å². The van der Waals surface area contributed by atoms with Crippen LogP contribution in [0.5, 0.6) is 0 Å². The molecule has 140 valence electrons. The first-order valence-electron chi connectivity index (χ1n) is 8.68. The quantitative estimate of drug-likeness (QED) is 0.395. The van der Waals surface area contributed by atoms with Gasteiger partial charge in [0.2, 0.25) is 0 Å². The van der Waals surface area contributed by atoms with Gasteiger partial charge < -0.3 is 10.4 Å². The first-order valence-corrected chi connectivity index (χ1v) is 8.68. The van der Waals surface area contributed by atoms with Crippen LogP contribution in [0.4, 0.5) is 11.5 Å². The van der Waals surface area contributed by atoms with Gasteiger partial charge in [-0.05, 0) is 23.8 Å². The number of nitrogens with zero attached hydrogens (tertiary/aromatic N) is 4. The van der Waals surface area contributed by atoms with Crippen molar-refractivity contribution in [3.63, 3.8) is 0 Å². The number of aliphatic hydroxyl groups is 1. The summed E-state index contributed by atoms with van der Waals surface area (Å²) in [7, 11) is 0. The lowest BCUT2D eigenvalue weighted by Crippen LogP contribution is -2.13. The van der Waals surface area contributed by atoms with Crippen molar-refractivity contribution in [1.29, 1.82) is 0 Å². The predicted octanol–water partition coefficient (Wildman–Crippen LogP) is 3.45. The number of non-ortho nitro benzene ring substituents is 1. The Kier molecular flexibility index (Phi) is 4.69. The van der Waals surface area contributed by atoms with Gasteiger partial charge in [0.25, 0.3) is 5.69 Å². The van der Waals surface area contributed by atoms with Gasteiger partial charge in [-0.2, -0.15) is 5.10 Å². The fourth-order valence-electron chi connectivity index (χ4n) is 2.94. The maximum atomic E-state index is 10.7. The van der Waals surface area contributed by atoms with Crippen molar-refractivity contribution in [3.8, 4) is 11.3 Å². The topological polar surface area (TPSA) is 106 Å². The first kappa shape index (κ1) is 17.6. The van der Waals surface area contributed by atoms with Crippen molar-refractivity contribution < 1.29 is 10.0 Å². The smallest absolute Gasteiger partial charge is 0.269 e. The molecule has 2 heterocycles. The van der Waals surface area contributed by atoms with E-state index in [0.717, 1.165) is 16.8 Å². The minimum absolute atomic E-state index is 0.0111. The number of aliphatic hydroxyl groups excluding tert-OH is 1. The van der Waals surface area contributed by atoms with Gasteiger partial charge in [0.15, 0.2) is 5.82 Å². The normalized spacial score (nSPS) is 12.0. The monoisotopic (exact) mass is 375 g/mol. The fourth-order valence-corrected chi connectivity index (χ4v) is 2.94. The van der Waals surface area contributed by atoms with Crippen LogP contribution in [-0.2, 0) is 0 Å². The summed E-state index contributed by atoms with van der Waals surface area (Å²) in [6.45, 7) is 0.205. The van der Waals surface area contributed by atoms with Crippen molar-refractivity contribution >= 4 is 17.0 Å². The zero-order chi connectivity index (χ0) is 19.5. The highest BCUT2D eigenvalue weighted by molar-refractivity contribution is 5.74. The van der Waals surface area contributed by atoms with Gasteiger partial charge in [0, 0.05) is 36.6 Å². The van der Waals surface area contributed by atoms with Crippen molar-refractivity contribution in [2.45, 2.75) is 6.10 Å². The average Bonchev–Trinajstić information content (AvgIpc) is 3.17. The SMILES string of the molecule is O=[N+]([O-])c1ccc(C(O)CNc2nccn3nc(-c4ccccc4)cc23)cc1. The molecule has 0 fully saturated rings. The van der Waals surface area contributed by atoms with E-state index in [9.17, 15) is 15.2 Å². The summed E-state index contributed by atoms with van der Waals surface area (Å²) in [5.74, 6) is 0.596. The molecule has 0 aliphatic heterocycles. The number of rotatable bonds is 6. The number of fused-ring (bicyclic) bond motifs is 1. The Hall–Kier alpha value is -3.78. The minimum Gasteiger partial charge on any atom is -0.387 e. The third kappa shape index (κ3) is 3.53.